The lowest BCUT2D eigenvalue weighted by Crippen LogP contribution is -2.28. The summed E-state index contributed by atoms with van der Waals surface area (Å²) < 4.78 is 0. The highest BCUT2D eigenvalue weighted by Crippen LogP contribution is 2.15. The minimum atomic E-state index is -0.593. The van der Waals surface area contributed by atoms with Gasteiger partial charge in [-0.25, -0.2) is 0 Å². The Morgan fingerprint density at radius 1 is 1.17 bits per heavy atom. The normalized spacial score (nSPS) is 17.8. The third-order valence-electron chi connectivity index (χ3n) is 1.79. The predicted molar refractivity (Wildman–Crippen MR) is 50.1 cm³/mol. The van der Waals surface area contributed by atoms with Crippen molar-refractivity contribution in [2.24, 2.45) is 0 Å². The second-order valence-electron chi connectivity index (χ2n) is 3.51. The summed E-state index contributed by atoms with van der Waals surface area (Å²) in [6, 6.07) is 0. The lowest BCUT2D eigenvalue weighted by atomic mass is 10.0. The van der Waals surface area contributed by atoms with Crippen molar-refractivity contribution in [2.45, 2.75) is 31.8 Å². The summed E-state index contributed by atoms with van der Waals surface area (Å²) >= 11 is 0. The molecule has 1 fully saturated rings. The molecule has 1 unspecified atom stereocenters. The van der Waals surface area contributed by atoms with E-state index in [4.69, 9.17) is 10.2 Å². The number of rotatable bonds is 3. The molecule has 74 valence electrons. The van der Waals surface area contributed by atoms with Gasteiger partial charge in [-0.15, -0.1) is 0 Å². The Kier molecular flexibility index (Phi) is 7.45. The molecule has 0 spiro atoms. The number of likely N-dealkylation sites (N-methyl/N-ethyl adjacent to an activating group) is 1. The monoisotopic (exact) mass is 175 g/mol. The fraction of sp³-hybridized carbons (Fsp3) is 1.00. The first-order valence-electron chi connectivity index (χ1n) is 4.60. The summed E-state index contributed by atoms with van der Waals surface area (Å²) in [6.45, 7) is 0.370. The molecule has 1 aliphatic rings. The van der Waals surface area contributed by atoms with Gasteiger partial charge in [-0.1, -0.05) is 25.7 Å². The molecule has 0 aromatic rings. The summed E-state index contributed by atoms with van der Waals surface area (Å²) in [5.74, 6) is 0. The van der Waals surface area contributed by atoms with Gasteiger partial charge < -0.3 is 15.1 Å². The maximum Gasteiger partial charge on any atom is 0.0897 e. The fourth-order valence-corrected chi connectivity index (χ4v) is 0.729. The van der Waals surface area contributed by atoms with Gasteiger partial charge in [0, 0.05) is 6.54 Å². The second kappa shape index (κ2) is 7.53. The summed E-state index contributed by atoms with van der Waals surface area (Å²) in [4.78, 5) is 1.82. The molecule has 0 radical (unpaired) electrons. The van der Waals surface area contributed by atoms with Crippen LogP contribution in [0.3, 0.4) is 0 Å². The van der Waals surface area contributed by atoms with Crippen molar-refractivity contribution in [2.75, 3.05) is 27.2 Å². The summed E-state index contributed by atoms with van der Waals surface area (Å²) in [7, 11) is 3.69. The van der Waals surface area contributed by atoms with Gasteiger partial charge in [0.1, 0.15) is 0 Å². The molecule has 12 heavy (non-hydrogen) atoms. The van der Waals surface area contributed by atoms with Gasteiger partial charge in [0.25, 0.3) is 0 Å². The largest absolute Gasteiger partial charge is 0.394 e. The van der Waals surface area contributed by atoms with Crippen LogP contribution in [0.15, 0.2) is 0 Å². The molecule has 0 aromatic heterocycles. The summed E-state index contributed by atoms with van der Waals surface area (Å²) in [6.07, 6.45) is 5.41. The van der Waals surface area contributed by atoms with Crippen LogP contribution in [0, 0.1) is 0 Å². The van der Waals surface area contributed by atoms with Crippen LogP contribution < -0.4 is 0 Å². The van der Waals surface area contributed by atoms with Crippen LogP contribution in [-0.4, -0.2) is 48.5 Å². The Bertz CT molecular complexity index is 88.5. The van der Waals surface area contributed by atoms with E-state index < -0.39 is 6.10 Å². The molecule has 0 heterocycles. The average molecular weight is 175 g/mol. The number of aliphatic hydroxyl groups is 2. The Balaban J connectivity index is 0.000000247. The first kappa shape index (κ1) is 11.9. The molecule has 3 heteroatoms. The number of nitrogens with zero attached hydrogens (tertiary/aromatic N) is 1. The lowest BCUT2D eigenvalue weighted by Gasteiger charge is -2.12. The first-order chi connectivity index (χ1) is 5.66. The zero-order chi connectivity index (χ0) is 9.40. The van der Waals surface area contributed by atoms with E-state index in [1.807, 2.05) is 19.0 Å². The SMILES string of the molecule is C1CCC1.CN(C)CC(O)CO. The van der Waals surface area contributed by atoms with Crippen LogP contribution in [0.4, 0.5) is 0 Å². The predicted octanol–water partition coefficient (Wildman–Crippen LogP) is 0.462. The van der Waals surface area contributed by atoms with E-state index in [1.165, 1.54) is 25.7 Å². The third-order valence-corrected chi connectivity index (χ3v) is 1.79. The molecule has 0 aromatic carbocycles. The second-order valence-corrected chi connectivity index (χ2v) is 3.51. The van der Waals surface area contributed by atoms with Crippen molar-refractivity contribution in [1.29, 1.82) is 0 Å². The highest BCUT2D eigenvalue weighted by atomic mass is 16.3. The molecule has 3 nitrogen and oxygen atoms in total. The van der Waals surface area contributed by atoms with Crippen molar-refractivity contribution in [3.8, 4) is 0 Å². The molecule has 1 aliphatic carbocycles. The fourth-order valence-electron chi connectivity index (χ4n) is 0.729. The standard InChI is InChI=1S/C5H13NO2.C4H8/c1-6(2)3-5(8)4-7;1-2-4-3-1/h5,7-8H,3-4H2,1-2H3;1-4H2. The zero-order valence-corrected chi connectivity index (χ0v) is 8.16. The van der Waals surface area contributed by atoms with E-state index in [0.29, 0.717) is 6.54 Å². The topological polar surface area (TPSA) is 43.7 Å². The van der Waals surface area contributed by atoms with Crippen LogP contribution in [0.25, 0.3) is 0 Å². The molecule has 0 amide bonds. The molecule has 1 rings (SSSR count). The van der Waals surface area contributed by atoms with E-state index in [0.717, 1.165) is 0 Å². The Hall–Kier alpha value is -0.120. The van der Waals surface area contributed by atoms with Crippen molar-refractivity contribution >= 4 is 0 Å². The molecular formula is C9H21NO2. The van der Waals surface area contributed by atoms with Gasteiger partial charge in [0.15, 0.2) is 0 Å². The van der Waals surface area contributed by atoms with Gasteiger partial charge in [-0.3, -0.25) is 0 Å². The van der Waals surface area contributed by atoms with Crippen molar-refractivity contribution in [3.05, 3.63) is 0 Å². The van der Waals surface area contributed by atoms with Crippen molar-refractivity contribution in [3.63, 3.8) is 0 Å². The number of hydrogen-bond donors (Lipinski definition) is 2. The summed E-state index contributed by atoms with van der Waals surface area (Å²) in [5, 5.41) is 17.0. The Morgan fingerprint density at radius 2 is 1.58 bits per heavy atom. The lowest BCUT2D eigenvalue weighted by molar-refractivity contribution is 0.0728. The van der Waals surface area contributed by atoms with Gasteiger partial charge in [0.05, 0.1) is 12.7 Å². The van der Waals surface area contributed by atoms with Gasteiger partial charge in [-0.05, 0) is 14.1 Å². The molecule has 2 N–H and O–H groups in total. The molecule has 0 aliphatic heterocycles. The van der Waals surface area contributed by atoms with E-state index in [1.54, 1.807) is 0 Å². The Morgan fingerprint density at radius 3 is 1.67 bits per heavy atom. The average Bonchev–Trinajstić information content (AvgIpc) is 1.82. The number of aliphatic hydroxyl groups excluding tert-OH is 2. The van der Waals surface area contributed by atoms with Crippen LogP contribution in [-0.2, 0) is 0 Å². The molecule has 1 atom stereocenters. The van der Waals surface area contributed by atoms with E-state index >= 15 is 0 Å². The third kappa shape index (κ3) is 7.98. The minimum absolute atomic E-state index is 0.155. The Labute approximate surface area is 75.0 Å². The van der Waals surface area contributed by atoms with E-state index in [2.05, 4.69) is 0 Å². The van der Waals surface area contributed by atoms with Gasteiger partial charge in [0.2, 0.25) is 0 Å². The van der Waals surface area contributed by atoms with Gasteiger partial charge in [-0.2, -0.15) is 0 Å². The van der Waals surface area contributed by atoms with Crippen LogP contribution >= 0.6 is 0 Å². The quantitative estimate of drug-likeness (QED) is 0.655. The highest BCUT2D eigenvalue weighted by molar-refractivity contribution is 4.54. The molecular weight excluding hydrogens is 154 g/mol. The molecule has 1 saturated carbocycles. The van der Waals surface area contributed by atoms with Crippen molar-refractivity contribution < 1.29 is 10.2 Å². The highest BCUT2D eigenvalue weighted by Gasteiger charge is 2.00. The summed E-state index contributed by atoms with van der Waals surface area (Å²) in [5.41, 5.74) is 0. The maximum atomic E-state index is 8.74. The minimum Gasteiger partial charge on any atom is -0.394 e. The van der Waals surface area contributed by atoms with Crippen LogP contribution in [0.5, 0.6) is 0 Å². The first-order valence-corrected chi connectivity index (χ1v) is 4.60. The van der Waals surface area contributed by atoms with E-state index in [-0.39, 0.29) is 6.61 Å². The smallest absolute Gasteiger partial charge is 0.0897 e. The van der Waals surface area contributed by atoms with E-state index in [9.17, 15) is 0 Å². The van der Waals surface area contributed by atoms with Crippen LogP contribution in [0.1, 0.15) is 25.7 Å². The molecule has 0 bridgehead atoms. The van der Waals surface area contributed by atoms with Gasteiger partial charge >= 0.3 is 0 Å². The molecule has 0 saturated heterocycles. The van der Waals surface area contributed by atoms with Crippen molar-refractivity contribution in [1.82, 2.24) is 4.90 Å². The zero-order valence-electron chi connectivity index (χ0n) is 8.16. The van der Waals surface area contributed by atoms with Crippen LogP contribution in [0.2, 0.25) is 0 Å². The maximum absolute atomic E-state index is 8.74. The number of hydrogen-bond acceptors (Lipinski definition) is 3.